The van der Waals surface area contributed by atoms with Crippen molar-refractivity contribution in [3.63, 3.8) is 0 Å². The monoisotopic (exact) mass is 442 g/mol. The third-order valence-electron chi connectivity index (χ3n) is 7.95. The van der Waals surface area contributed by atoms with Crippen LogP contribution < -0.4 is 9.47 Å². The molecular formula is C25H34N2O5. The number of nitrogens with zero attached hydrogens (tertiary/aromatic N) is 2. The lowest BCUT2D eigenvalue weighted by molar-refractivity contribution is -0.189. The highest BCUT2D eigenvalue weighted by molar-refractivity contribution is 5.87. The van der Waals surface area contributed by atoms with Crippen LogP contribution in [0.5, 0.6) is 11.5 Å². The molecule has 4 aliphatic heterocycles. The lowest BCUT2D eigenvalue weighted by atomic mass is 9.70. The fourth-order valence-corrected chi connectivity index (χ4v) is 6.22. The highest BCUT2D eigenvalue weighted by atomic mass is 16.5. The predicted molar refractivity (Wildman–Crippen MR) is 119 cm³/mol. The standard InChI is InChI=1S/C25H34N2O5/c1-15(28)27-10-5-6-20(27)24(29)26-11-9-21-16(14-26)12-19-23(31-21)18-8-7-17(30-4)13-22(18)32-25(19,2)3/h7-8,13,16,19-21,23H,5-6,9-12,14H2,1-4H3/t16-,19+,20+,21+,23-/m0/s1. The summed E-state index contributed by atoms with van der Waals surface area (Å²) in [5, 5.41) is 0. The molecule has 0 N–H and O–H groups in total. The van der Waals surface area contributed by atoms with E-state index in [1.54, 1.807) is 18.9 Å². The van der Waals surface area contributed by atoms with E-state index in [9.17, 15) is 9.59 Å². The first-order valence-corrected chi connectivity index (χ1v) is 11.9. The fourth-order valence-electron chi connectivity index (χ4n) is 6.22. The Morgan fingerprint density at radius 3 is 2.75 bits per heavy atom. The molecule has 0 aromatic heterocycles. The number of fused-ring (bicyclic) bond motifs is 4. The maximum Gasteiger partial charge on any atom is 0.245 e. The van der Waals surface area contributed by atoms with Gasteiger partial charge in [0, 0.05) is 50.0 Å². The predicted octanol–water partition coefficient (Wildman–Crippen LogP) is 3.17. The van der Waals surface area contributed by atoms with Crippen molar-refractivity contribution in [1.82, 2.24) is 9.80 Å². The highest BCUT2D eigenvalue weighted by Gasteiger charge is 2.52. The number of carbonyl (C=O) groups excluding carboxylic acids is 2. The van der Waals surface area contributed by atoms with Gasteiger partial charge in [-0.25, -0.2) is 0 Å². The second-order valence-corrected chi connectivity index (χ2v) is 10.3. The average molecular weight is 443 g/mol. The fraction of sp³-hybridized carbons (Fsp3) is 0.680. The van der Waals surface area contributed by atoms with Crippen molar-refractivity contribution in [2.45, 2.75) is 70.3 Å². The largest absolute Gasteiger partial charge is 0.497 e. The van der Waals surface area contributed by atoms with Gasteiger partial charge in [-0.05, 0) is 51.7 Å². The molecule has 1 aromatic carbocycles. The molecule has 0 unspecified atom stereocenters. The molecule has 4 aliphatic rings. The molecule has 174 valence electrons. The van der Waals surface area contributed by atoms with Crippen LogP contribution in [0, 0.1) is 11.8 Å². The maximum atomic E-state index is 13.3. The molecule has 5 atom stereocenters. The van der Waals surface area contributed by atoms with E-state index >= 15 is 0 Å². The van der Waals surface area contributed by atoms with Crippen molar-refractivity contribution < 1.29 is 23.8 Å². The molecule has 7 nitrogen and oxygen atoms in total. The summed E-state index contributed by atoms with van der Waals surface area (Å²) in [6.07, 6.45) is 3.59. The lowest BCUT2D eigenvalue weighted by Crippen LogP contribution is -2.57. The normalized spacial score (nSPS) is 32.9. The number of methoxy groups -OCH3 is 1. The average Bonchev–Trinajstić information content (AvgIpc) is 3.27. The first-order chi connectivity index (χ1) is 15.3. The topological polar surface area (TPSA) is 68.3 Å². The summed E-state index contributed by atoms with van der Waals surface area (Å²) in [6.45, 7) is 7.90. The van der Waals surface area contributed by atoms with Crippen LogP contribution in [0.4, 0.5) is 0 Å². The molecule has 0 radical (unpaired) electrons. The van der Waals surface area contributed by atoms with Crippen LogP contribution in [0.3, 0.4) is 0 Å². The minimum Gasteiger partial charge on any atom is -0.497 e. The summed E-state index contributed by atoms with van der Waals surface area (Å²) >= 11 is 0. The van der Waals surface area contributed by atoms with Gasteiger partial charge in [0.05, 0.1) is 19.3 Å². The van der Waals surface area contributed by atoms with E-state index in [4.69, 9.17) is 14.2 Å². The number of amides is 2. The van der Waals surface area contributed by atoms with Crippen molar-refractivity contribution in [1.29, 1.82) is 0 Å². The van der Waals surface area contributed by atoms with Crippen LogP contribution in [0.2, 0.25) is 0 Å². The van der Waals surface area contributed by atoms with E-state index in [-0.39, 0.29) is 47.5 Å². The summed E-state index contributed by atoms with van der Waals surface area (Å²) in [6, 6.07) is 5.69. The van der Waals surface area contributed by atoms with Gasteiger partial charge < -0.3 is 24.0 Å². The van der Waals surface area contributed by atoms with Gasteiger partial charge in [-0.15, -0.1) is 0 Å². The Balaban J connectivity index is 1.34. The summed E-state index contributed by atoms with van der Waals surface area (Å²) in [4.78, 5) is 29.0. The lowest BCUT2D eigenvalue weighted by Gasteiger charge is -2.53. The molecule has 2 amide bonds. The smallest absolute Gasteiger partial charge is 0.245 e. The van der Waals surface area contributed by atoms with Gasteiger partial charge in [0.2, 0.25) is 11.8 Å². The van der Waals surface area contributed by atoms with E-state index in [1.807, 2.05) is 17.0 Å². The summed E-state index contributed by atoms with van der Waals surface area (Å²) < 4.78 is 18.5. The molecule has 3 fully saturated rings. The van der Waals surface area contributed by atoms with Crippen LogP contribution >= 0.6 is 0 Å². The zero-order valence-corrected chi connectivity index (χ0v) is 19.5. The summed E-state index contributed by atoms with van der Waals surface area (Å²) in [5.74, 6) is 2.21. The van der Waals surface area contributed by atoms with Crippen LogP contribution in [-0.2, 0) is 14.3 Å². The molecule has 0 aliphatic carbocycles. The van der Waals surface area contributed by atoms with Crippen LogP contribution in [0.15, 0.2) is 18.2 Å². The van der Waals surface area contributed by atoms with Gasteiger partial charge in [0.25, 0.3) is 0 Å². The summed E-state index contributed by atoms with van der Waals surface area (Å²) in [7, 11) is 1.66. The Bertz CT molecular complexity index is 916. The Morgan fingerprint density at radius 2 is 2.00 bits per heavy atom. The highest BCUT2D eigenvalue weighted by Crippen LogP contribution is 2.53. The van der Waals surface area contributed by atoms with Gasteiger partial charge in [-0.1, -0.05) is 0 Å². The molecule has 5 rings (SSSR count). The van der Waals surface area contributed by atoms with Crippen LogP contribution in [0.25, 0.3) is 0 Å². The molecule has 0 spiro atoms. The van der Waals surface area contributed by atoms with Crippen LogP contribution in [-0.4, -0.2) is 66.1 Å². The van der Waals surface area contributed by atoms with Gasteiger partial charge in [0.15, 0.2) is 0 Å². The first kappa shape index (κ1) is 21.6. The maximum absolute atomic E-state index is 13.3. The SMILES string of the molecule is COc1ccc2c(c1)OC(C)(C)[C@@H]1C[C@H]3CN(C(=O)[C@H]4CCCN4C(C)=O)CC[C@H]3O[C@@H]21. The number of hydrogen-bond donors (Lipinski definition) is 0. The zero-order chi connectivity index (χ0) is 22.6. The Kier molecular flexibility index (Phi) is 5.35. The van der Waals surface area contributed by atoms with Crippen molar-refractivity contribution in [3.8, 4) is 11.5 Å². The van der Waals surface area contributed by atoms with Gasteiger partial charge in [-0.3, -0.25) is 9.59 Å². The third-order valence-corrected chi connectivity index (χ3v) is 7.95. The van der Waals surface area contributed by atoms with E-state index < -0.39 is 0 Å². The number of likely N-dealkylation sites (tertiary alicyclic amines) is 2. The zero-order valence-electron chi connectivity index (χ0n) is 19.5. The minimum atomic E-state index is -0.377. The number of hydrogen-bond acceptors (Lipinski definition) is 5. The van der Waals surface area contributed by atoms with Crippen molar-refractivity contribution >= 4 is 11.8 Å². The van der Waals surface area contributed by atoms with Crippen molar-refractivity contribution in [3.05, 3.63) is 23.8 Å². The second-order valence-electron chi connectivity index (χ2n) is 10.3. The number of ether oxygens (including phenoxy) is 3. The van der Waals surface area contributed by atoms with E-state index in [0.29, 0.717) is 19.6 Å². The van der Waals surface area contributed by atoms with Gasteiger partial charge >= 0.3 is 0 Å². The molecular weight excluding hydrogens is 408 g/mol. The Hall–Kier alpha value is -2.28. The second kappa shape index (κ2) is 7.94. The van der Waals surface area contributed by atoms with E-state index in [0.717, 1.165) is 42.7 Å². The molecule has 4 heterocycles. The molecule has 0 bridgehead atoms. The number of rotatable bonds is 2. The van der Waals surface area contributed by atoms with Crippen molar-refractivity contribution in [2.24, 2.45) is 11.8 Å². The summed E-state index contributed by atoms with van der Waals surface area (Å²) in [5.41, 5.74) is 0.716. The molecule has 0 saturated carbocycles. The Morgan fingerprint density at radius 1 is 1.19 bits per heavy atom. The minimum absolute atomic E-state index is 0.00372. The number of benzene rings is 1. The quantitative estimate of drug-likeness (QED) is 0.704. The van der Waals surface area contributed by atoms with Gasteiger partial charge in [-0.2, -0.15) is 0 Å². The van der Waals surface area contributed by atoms with Crippen molar-refractivity contribution in [2.75, 3.05) is 26.7 Å². The number of piperidine rings is 1. The molecule has 7 heteroatoms. The molecule has 32 heavy (non-hydrogen) atoms. The van der Waals surface area contributed by atoms with Crippen LogP contribution in [0.1, 0.15) is 58.1 Å². The van der Waals surface area contributed by atoms with E-state index in [1.165, 1.54) is 0 Å². The Labute approximate surface area is 190 Å². The molecule has 1 aromatic rings. The van der Waals surface area contributed by atoms with E-state index in [2.05, 4.69) is 19.9 Å². The first-order valence-electron chi connectivity index (χ1n) is 11.9. The number of carbonyl (C=O) groups is 2. The molecule has 3 saturated heterocycles. The third kappa shape index (κ3) is 3.54. The van der Waals surface area contributed by atoms with Gasteiger partial charge in [0.1, 0.15) is 23.1 Å².